The second-order valence-electron chi connectivity index (χ2n) is 10.7. The van der Waals surface area contributed by atoms with Crippen molar-refractivity contribution in [3.63, 3.8) is 0 Å². The lowest BCUT2D eigenvalue weighted by molar-refractivity contribution is -0.139. The van der Waals surface area contributed by atoms with Crippen molar-refractivity contribution in [3.8, 4) is 0 Å². The van der Waals surface area contributed by atoms with Crippen molar-refractivity contribution in [3.05, 3.63) is 119 Å². The number of rotatable bonds is 9. The number of aliphatic carboxylic acids is 1. The molecule has 0 unspecified atom stereocenters. The second-order valence-corrected chi connectivity index (χ2v) is 10.7. The van der Waals surface area contributed by atoms with Crippen molar-refractivity contribution < 1.29 is 14.7 Å². The quantitative estimate of drug-likeness (QED) is 0.231. The third-order valence-corrected chi connectivity index (χ3v) is 7.98. The van der Waals surface area contributed by atoms with Gasteiger partial charge in [0.15, 0.2) is 0 Å². The summed E-state index contributed by atoms with van der Waals surface area (Å²) in [7, 11) is 0. The van der Waals surface area contributed by atoms with Gasteiger partial charge >= 0.3 is 5.97 Å². The number of carboxylic acids is 1. The van der Waals surface area contributed by atoms with Gasteiger partial charge in [0.1, 0.15) is 6.04 Å². The fourth-order valence-corrected chi connectivity index (χ4v) is 5.91. The smallest absolute Gasteiger partial charge is 0.326 e. The van der Waals surface area contributed by atoms with E-state index >= 15 is 0 Å². The van der Waals surface area contributed by atoms with Crippen LogP contribution in [0.4, 0.5) is 0 Å². The van der Waals surface area contributed by atoms with Crippen LogP contribution in [0.25, 0.3) is 10.8 Å². The van der Waals surface area contributed by atoms with E-state index in [4.69, 9.17) is 0 Å². The van der Waals surface area contributed by atoms with Crippen molar-refractivity contribution in [1.29, 1.82) is 0 Å². The molecule has 0 radical (unpaired) electrons. The zero-order chi connectivity index (χ0) is 27.2. The summed E-state index contributed by atoms with van der Waals surface area (Å²) in [4.78, 5) is 24.6. The zero-order valence-corrected chi connectivity index (χ0v) is 22.3. The van der Waals surface area contributed by atoms with Gasteiger partial charge in [-0.1, -0.05) is 91.3 Å². The molecule has 1 aliphatic rings. The Kier molecular flexibility index (Phi) is 8.38. The third-order valence-electron chi connectivity index (χ3n) is 7.98. The van der Waals surface area contributed by atoms with Gasteiger partial charge in [0.25, 0.3) is 5.91 Å². The summed E-state index contributed by atoms with van der Waals surface area (Å²) in [6.45, 7) is 2.25. The molecule has 5 heteroatoms. The average molecular weight is 521 g/mol. The molecule has 1 fully saturated rings. The molecule has 1 aliphatic carbocycles. The first kappa shape index (κ1) is 26.6. The normalized spacial score (nSPS) is 18.8. The first-order valence-corrected chi connectivity index (χ1v) is 13.9. The SMILES string of the molecule is C[C@@H](N[C@H]1CCC[C@H](c2ccc(C(=O)N[C@@H](Cc3ccccc3)C(=O)O)cc2)C1)c1cccc2ccccc12. The topological polar surface area (TPSA) is 78.4 Å². The highest BCUT2D eigenvalue weighted by Gasteiger charge is 2.26. The minimum atomic E-state index is -1.04. The van der Waals surface area contributed by atoms with Crippen LogP contribution in [-0.4, -0.2) is 29.1 Å². The van der Waals surface area contributed by atoms with Crippen molar-refractivity contribution in [1.82, 2.24) is 10.6 Å². The summed E-state index contributed by atoms with van der Waals surface area (Å²) in [5, 5.41) is 18.8. The summed E-state index contributed by atoms with van der Waals surface area (Å²) in [5.41, 5.74) is 3.91. The number of carbonyl (C=O) groups is 2. The van der Waals surface area contributed by atoms with Gasteiger partial charge in [0.2, 0.25) is 0 Å². The second kappa shape index (κ2) is 12.3. The molecule has 4 aromatic carbocycles. The number of carboxylic acid groups (broad SMARTS) is 1. The van der Waals surface area contributed by atoms with Gasteiger partial charge < -0.3 is 15.7 Å². The van der Waals surface area contributed by atoms with Gasteiger partial charge in [0.05, 0.1) is 0 Å². The van der Waals surface area contributed by atoms with Crippen molar-refractivity contribution in [2.24, 2.45) is 0 Å². The van der Waals surface area contributed by atoms with E-state index in [1.165, 1.54) is 21.9 Å². The summed E-state index contributed by atoms with van der Waals surface area (Å²) < 4.78 is 0. The summed E-state index contributed by atoms with van der Waals surface area (Å²) in [5.74, 6) is -0.975. The lowest BCUT2D eigenvalue weighted by atomic mass is 9.80. The van der Waals surface area contributed by atoms with E-state index in [9.17, 15) is 14.7 Å². The van der Waals surface area contributed by atoms with Crippen molar-refractivity contribution in [2.45, 2.75) is 63.1 Å². The summed E-state index contributed by atoms with van der Waals surface area (Å²) in [6.07, 6.45) is 4.74. The molecule has 0 spiro atoms. The molecule has 0 heterocycles. The number of benzene rings is 4. The van der Waals surface area contributed by atoms with E-state index in [0.717, 1.165) is 31.2 Å². The van der Waals surface area contributed by atoms with E-state index in [1.54, 1.807) is 0 Å². The highest BCUT2D eigenvalue weighted by molar-refractivity contribution is 5.96. The molecule has 1 saturated carbocycles. The Balaban J connectivity index is 1.20. The molecule has 0 aromatic heterocycles. The maximum absolute atomic E-state index is 12.9. The monoisotopic (exact) mass is 520 g/mol. The lowest BCUT2D eigenvalue weighted by Gasteiger charge is -2.32. The molecule has 4 aromatic rings. The molecule has 0 aliphatic heterocycles. The summed E-state index contributed by atoms with van der Waals surface area (Å²) in [6, 6.07) is 31.8. The van der Waals surface area contributed by atoms with Crippen LogP contribution < -0.4 is 10.6 Å². The Labute approximate surface area is 230 Å². The molecule has 0 bridgehead atoms. The minimum Gasteiger partial charge on any atom is -0.480 e. The fourth-order valence-electron chi connectivity index (χ4n) is 5.91. The van der Waals surface area contributed by atoms with Gasteiger partial charge in [0, 0.05) is 24.1 Å². The van der Waals surface area contributed by atoms with Crippen LogP contribution in [0.15, 0.2) is 97.1 Å². The summed E-state index contributed by atoms with van der Waals surface area (Å²) >= 11 is 0. The van der Waals surface area contributed by atoms with Crippen LogP contribution in [-0.2, 0) is 11.2 Å². The molecule has 4 atom stereocenters. The van der Waals surface area contributed by atoms with Crippen LogP contribution in [0.3, 0.4) is 0 Å². The van der Waals surface area contributed by atoms with Crippen molar-refractivity contribution in [2.75, 3.05) is 0 Å². The highest BCUT2D eigenvalue weighted by Crippen LogP contribution is 2.34. The Morgan fingerprint density at radius 1 is 0.872 bits per heavy atom. The number of carbonyl (C=O) groups excluding carboxylic acids is 1. The van der Waals surface area contributed by atoms with Gasteiger partial charge in [-0.25, -0.2) is 4.79 Å². The highest BCUT2D eigenvalue weighted by atomic mass is 16.4. The van der Waals surface area contributed by atoms with E-state index in [-0.39, 0.29) is 18.4 Å². The number of nitrogens with one attached hydrogen (secondary N) is 2. The standard InChI is InChI=1S/C34H36N2O3/c1-23(30-16-8-12-26-11-5-6-15-31(26)30)35-29-14-7-13-28(22-29)25-17-19-27(20-18-25)33(37)36-32(34(38)39)21-24-9-3-2-4-10-24/h2-6,8-12,15-20,23,28-29,32,35H,7,13-14,21-22H2,1H3,(H,36,37)(H,38,39)/t23-,28+,29+,32+/m1/s1. The third kappa shape index (κ3) is 6.55. The Morgan fingerprint density at radius 3 is 2.36 bits per heavy atom. The molecular weight excluding hydrogens is 484 g/mol. The van der Waals surface area contributed by atoms with E-state index < -0.39 is 12.0 Å². The van der Waals surface area contributed by atoms with E-state index in [0.29, 0.717) is 17.5 Å². The van der Waals surface area contributed by atoms with Gasteiger partial charge in [-0.2, -0.15) is 0 Å². The van der Waals surface area contributed by atoms with Gasteiger partial charge in [-0.05, 0) is 71.7 Å². The number of amides is 1. The van der Waals surface area contributed by atoms with E-state index in [2.05, 4.69) is 60.0 Å². The molecule has 5 nitrogen and oxygen atoms in total. The minimum absolute atomic E-state index is 0.244. The number of hydrogen-bond donors (Lipinski definition) is 3. The molecular formula is C34H36N2O3. The van der Waals surface area contributed by atoms with E-state index in [1.807, 2.05) is 54.6 Å². The van der Waals surface area contributed by atoms with Crippen LogP contribution in [0, 0.1) is 0 Å². The molecule has 5 rings (SSSR count). The van der Waals surface area contributed by atoms with Crippen molar-refractivity contribution >= 4 is 22.6 Å². The largest absolute Gasteiger partial charge is 0.480 e. The fraction of sp³-hybridized carbons (Fsp3) is 0.294. The van der Waals surface area contributed by atoms with Crippen LogP contribution >= 0.6 is 0 Å². The van der Waals surface area contributed by atoms with Crippen LogP contribution in [0.1, 0.15) is 71.6 Å². The predicted octanol–water partition coefficient (Wildman–Crippen LogP) is 6.64. The maximum Gasteiger partial charge on any atom is 0.326 e. The zero-order valence-electron chi connectivity index (χ0n) is 22.3. The first-order chi connectivity index (χ1) is 19.0. The molecule has 39 heavy (non-hydrogen) atoms. The van der Waals surface area contributed by atoms with Gasteiger partial charge in [-0.15, -0.1) is 0 Å². The molecule has 200 valence electrons. The Morgan fingerprint density at radius 2 is 1.59 bits per heavy atom. The first-order valence-electron chi connectivity index (χ1n) is 13.9. The molecule has 1 amide bonds. The predicted molar refractivity (Wildman–Crippen MR) is 156 cm³/mol. The number of fused-ring (bicyclic) bond motifs is 1. The molecule has 3 N–H and O–H groups in total. The maximum atomic E-state index is 12.9. The lowest BCUT2D eigenvalue weighted by Crippen LogP contribution is -2.42. The van der Waals surface area contributed by atoms with Gasteiger partial charge in [-0.3, -0.25) is 4.79 Å². The Bertz CT molecular complexity index is 1410. The average Bonchev–Trinajstić information content (AvgIpc) is 2.97. The number of hydrogen-bond acceptors (Lipinski definition) is 3. The molecule has 0 saturated heterocycles. The van der Waals surface area contributed by atoms with Crippen LogP contribution in [0.2, 0.25) is 0 Å². The van der Waals surface area contributed by atoms with Crippen LogP contribution in [0.5, 0.6) is 0 Å². The Hall–Kier alpha value is -3.96.